The fourth-order valence-corrected chi connectivity index (χ4v) is 3.48. The second kappa shape index (κ2) is 7.97. The van der Waals surface area contributed by atoms with Gasteiger partial charge in [-0.1, -0.05) is 12.1 Å². The van der Waals surface area contributed by atoms with Crippen molar-refractivity contribution in [2.24, 2.45) is 0 Å². The minimum atomic E-state index is -0.550. The molecule has 0 bridgehead atoms. The molecule has 0 spiro atoms. The topological polar surface area (TPSA) is 76.8 Å². The molecule has 0 saturated carbocycles. The number of carbonyl (C=O) groups excluding carboxylic acids is 3. The Morgan fingerprint density at radius 3 is 2.48 bits per heavy atom. The molecular formula is C22H17NO5S. The van der Waals surface area contributed by atoms with E-state index in [1.54, 1.807) is 23.9 Å². The van der Waals surface area contributed by atoms with E-state index in [0.717, 1.165) is 15.4 Å². The Morgan fingerprint density at radius 2 is 1.79 bits per heavy atom. The van der Waals surface area contributed by atoms with E-state index in [1.807, 2.05) is 30.5 Å². The van der Waals surface area contributed by atoms with E-state index in [1.165, 1.54) is 24.5 Å². The van der Waals surface area contributed by atoms with Gasteiger partial charge in [-0.25, -0.2) is 4.79 Å². The number of hydrogen-bond acceptors (Lipinski definition) is 6. The zero-order chi connectivity index (χ0) is 20.4. The lowest BCUT2D eigenvalue weighted by atomic mass is 10.1. The van der Waals surface area contributed by atoms with Crippen molar-refractivity contribution in [3.8, 4) is 0 Å². The number of fused-ring (bicyclic) bond motifs is 1. The molecule has 6 nitrogen and oxygen atoms in total. The van der Waals surface area contributed by atoms with Gasteiger partial charge in [-0.05, 0) is 54.3 Å². The van der Waals surface area contributed by atoms with E-state index in [-0.39, 0.29) is 29.8 Å². The number of hydrogen-bond donors (Lipinski definition) is 0. The van der Waals surface area contributed by atoms with Crippen LogP contribution in [0.3, 0.4) is 0 Å². The molecule has 0 saturated heterocycles. The number of imide groups is 1. The number of benzene rings is 2. The molecule has 0 atom stereocenters. The Hall–Kier alpha value is -3.32. The molecule has 1 aliphatic heterocycles. The van der Waals surface area contributed by atoms with Gasteiger partial charge in [-0.15, -0.1) is 11.8 Å². The number of ether oxygens (including phenoxy) is 1. The third-order valence-corrected chi connectivity index (χ3v) is 5.37. The Bertz CT molecular complexity index is 1070. The summed E-state index contributed by atoms with van der Waals surface area (Å²) in [5.41, 5.74) is 1.56. The summed E-state index contributed by atoms with van der Waals surface area (Å²) in [7, 11) is 0. The van der Waals surface area contributed by atoms with Crippen LogP contribution in [0.2, 0.25) is 0 Å². The summed E-state index contributed by atoms with van der Waals surface area (Å²) in [5, 5.41) is 0. The van der Waals surface area contributed by atoms with Gasteiger partial charge in [0.2, 0.25) is 0 Å². The third-order valence-electron chi connectivity index (χ3n) is 4.63. The Labute approximate surface area is 171 Å². The van der Waals surface area contributed by atoms with Crippen molar-refractivity contribution in [2.75, 3.05) is 6.26 Å². The number of amides is 2. The maximum absolute atomic E-state index is 12.7. The molecule has 0 N–H and O–H groups in total. The van der Waals surface area contributed by atoms with E-state index in [0.29, 0.717) is 5.76 Å². The average Bonchev–Trinajstić information content (AvgIpc) is 3.35. The molecule has 3 aromatic rings. The highest BCUT2D eigenvalue weighted by Crippen LogP contribution is 2.26. The van der Waals surface area contributed by atoms with E-state index in [2.05, 4.69) is 0 Å². The van der Waals surface area contributed by atoms with Gasteiger partial charge < -0.3 is 9.15 Å². The van der Waals surface area contributed by atoms with Gasteiger partial charge in [0.1, 0.15) is 12.4 Å². The minimum Gasteiger partial charge on any atom is -0.467 e. The quantitative estimate of drug-likeness (QED) is 0.347. The molecule has 1 aromatic heterocycles. The molecule has 0 radical (unpaired) electrons. The van der Waals surface area contributed by atoms with Crippen molar-refractivity contribution in [2.45, 2.75) is 18.0 Å². The molecule has 0 fully saturated rings. The van der Waals surface area contributed by atoms with E-state index >= 15 is 0 Å². The van der Waals surface area contributed by atoms with Gasteiger partial charge in [-0.3, -0.25) is 14.5 Å². The van der Waals surface area contributed by atoms with Crippen LogP contribution in [0.4, 0.5) is 0 Å². The lowest BCUT2D eigenvalue weighted by Gasteiger charge is -2.11. The smallest absolute Gasteiger partial charge is 0.338 e. The zero-order valence-electron chi connectivity index (χ0n) is 15.6. The first-order valence-electron chi connectivity index (χ1n) is 8.89. The number of thioether (sulfide) groups is 1. The number of carbonyl (C=O) groups is 3. The third kappa shape index (κ3) is 3.82. The van der Waals surface area contributed by atoms with Gasteiger partial charge in [0.25, 0.3) is 11.8 Å². The summed E-state index contributed by atoms with van der Waals surface area (Å²) in [4.78, 5) is 39.8. The number of rotatable bonds is 6. The summed E-state index contributed by atoms with van der Waals surface area (Å²) in [6.45, 7) is 0.174. The highest BCUT2D eigenvalue weighted by molar-refractivity contribution is 7.98. The molecule has 2 heterocycles. The van der Waals surface area contributed by atoms with Crippen LogP contribution >= 0.6 is 11.8 Å². The molecule has 2 aromatic carbocycles. The molecule has 0 aliphatic carbocycles. The molecule has 7 heteroatoms. The van der Waals surface area contributed by atoms with E-state index < -0.39 is 17.8 Å². The molecule has 4 rings (SSSR count). The van der Waals surface area contributed by atoms with Gasteiger partial charge >= 0.3 is 5.97 Å². The SMILES string of the molecule is CSc1ccc(COC(=O)c2ccc3c(c2)C(=O)N(Cc2ccco2)C3=O)cc1. The van der Waals surface area contributed by atoms with Gasteiger partial charge in [0.05, 0.1) is 29.5 Å². The van der Waals surface area contributed by atoms with Crippen LogP contribution in [0.1, 0.15) is 42.4 Å². The lowest BCUT2D eigenvalue weighted by Crippen LogP contribution is -2.28. The Morgan fingerprint density at radius 1 is 1.03 bits per heavy atom. The molecular weight excluding hydrogens is 390 g/mol. The van der Waals surface area contributed by atoms with Gasteiger partial charge in [-0.2, -0.15) is 0 Å². The second-order valence-corrected chi connectivity index (χ2v) is 7.34. The highest BCUT2D eigenvalue weighted by atomic mass is 32.2. The highest BCUT2D eigenvalue weighted by Gasteiger charge is 2.36. The van der Waals surface area contributed by atoms with Crippen LogP contribution in [0.5, 0.6) is 0 Å². The monoisotopic (exact) mass is 407 g/mol. The van der Waals surface area contributed by atoms with Crippen molar-refractivity contribution < 1.29 is 23.5 Å². The van der Waals surface area contributed by atoms with Crippen LogP contribution in [0.15, 0.2) is 70.2 Å². The Balaban J connectivity index is 1.47. The van der Waals surface area contributed by atoms with Gasteiger partial charge in [0, 0.05) is 4.90 Å². The predicted octanol–water partition coefficient (Wildman–Crippen LogP) is 4.15. The largest absolute Gasteiger partial charge is 0.467 e. The molecule has 1 aliphatic rings. The summed E-state index contributed by atoms with van der Waals surface area (Å²) in [5.74, 6) is -0.906. The second-order valence-electron chi connectivity index (χ2n) is 6.46. The van der Waals surface area contributed by atoms with Crippen molar-refractivity contribution >= 4 is 29.5 Å². The lowest BCUT2D eigenvalue weighted by molar-refractivity contribution is 0.0472. The fraction of sp³-hybridized carbons (Fsp3) is 0.136. The summed E-state index contributed by atoms with van der Waals surface area (Å²) < 4.78 is 10.6. The normalized spacial score (nSPS) is 12.9. The first kappa shape index (κ1) is 19.0. The minimum absolute atomic E-state index is 0.0468. The van der Waals surface area contributed by atoms with Gasteiger partial charge in [0.15, 0.2) is 0 Å². The molecule has 29 heavy (non-hydrogen) atoms. The van der Waals surface area contributed by atoms with Crippen LogP contribution in [0.25, 0.3) is 0 Å². The van der Waals surface area contributed by atoms with Crippen molar-refractivity contribution in [3.05, 3.63) is 88.9 Å². The first-order valence-corrected chi connectivity index (χ1v) is 10.1. The van der Waals surface area contributed by atoms with Crippen LogP contribution in [0, 0.1) is 0 Å². The molecule has 0 unspecified atom stereocenters. The maximum Gasteiger partial charge on any atom is 0.338 e. The number of nitrogens with zero attached hydrogens (tertiary/aromatic N) is 1. The summed E-state index contributed by atoms with van der Waals surface area (Å²) in [6, 6.07) is 15.5. The average molecular weight is 407 g/mol. The van der Waals surface area contributed by atoms with E-state index in [9.17, 15) is 14.4 Å². The summed E-state index contributed by atoms with van der Waals surface area (Å²) in [6.07, 6.45) is 3.47. The van der Waals surface area contributed by atoms with Crippen LogP contribution < -0.4 is 0 Å². The van der Waals surface area contributed by atoms with Crippen LogP contribution in [-0.4, -0.2) is 28.9 Å². The zero-order valence-corrected chi connectivity index (χ0v) is 16.4. The summed E-state index contributed by atoms with van der Waals surface area (Å²) >= 11 is 1.63. The standard InChI is InChI=1S/C22H17NO5S/c1-29-17-7-4-14(5-8-17)13-28-22(26)15-6-9-18-19(11-15)21(25)23(20(18)24)12-16-3-2-10-27-16/h2-11H,12-13H2,1H3. The predicted molar refractivity (Wildman–Crippen MR) is 107 cm³/mol. The van der Waals surface area contributed by atoms with Crippen LogP contribution in [-0.2, 0) is 17.9 Å². The van der Waals surface area contributed by atoms with Crippen molar-refractivity contribution in [3.63, 3.8) is 0 Å². The maximum atomic E-state index is 12.7. The molecule has 2 amide bonds. The Kier molecular flexibility index (Phi) is 5.22. The van der Waals surface area contributed by atoms with Crippen molar-refractivity contribution in [1.82, 2.24) is 4.90 Å². The fourth-order valence-electron chi connectivity index (χ4n) is 3.07. The first-order chi connectivity index (χ1) is 14.1. The van der Waals surface area contributed by atoms with Crippen molar-refractivity contribution in [1.29, 1.82) is 0 Å². The van der Waals surface area contributed by atoms with E-state index in [4.69, 9.17) is 9.15 Å². The number of esters is 1. The number of furan rings is 1. The molecule has 146 valence electrons.